The number of carbonyl (C=O) groups excluding carboxylic acids is 2. The number of hydrogen-bond donors (Lipinski definition) is 3. The third-order valence-corrected chi connectivity index (χ3v) is 5.86. The molecule has 0 bridgehead atoms. The number of piperazine rings is 1. The summed E-state index contributed by atoms with van der Waals surface area (Å²) in [5, 5.41) is 10.0. The van der Waals surface area contributed by atoms with Gasteiger partial charge in [-0.3, -0.25) is 19.6 Å². The summed E-state index contributed by atoms with van der Waals surface area (Å²) in [6.07, 6.45) is 2.96. The summed E-state index contributed by atoms with van der Waals surface area (Å²) in [5.41, 5.74) is 7.75. The largest absolute Gasteiger partial charge is 0.383 e. The van der Waals surface area contributed by atoms with E-state index in [1.165, 1.54) is 12.4 Å². The number of hydrogen-bond acceptors (Lipinski definition) is 6. The van der Waals surface area contributed by atoms with Crippen molar-refractivity contribution in [3.8, 4) is 0 Å². The number of carbonyl (C=O) groups is 2. The highest BCUT2D eigenvalue weighted by Gasteiger charge is 2.38. The van der Waals surface area contributed by atoms with Crippen molar-refractivity contribution in [2.45, 2.75) is 38.9 Å². The molecular formula is C22H27N7O2. The zero-order valence-corrected chi connectivity index (χ0v) is 17.9. The van der Waals surface area contributed by atoms with Crippen molar-refractivity contribution in [1.82, 2.24) is 25.0 Å². The highest BCUT2D eigenvalue weighted by Crippen LogP contribution is 2.30. The number of H-pyrrole nitrogens is 1. The zero-order valence-electron chi connectivity index (χ0n) is 17.9. The molecule has 4 rings (SSSR count). The predicted octanol–water partition coefficient (Wildman–Crippen LogP) is 2.16. The average Bonchev–Trinajstić information content (AvgIpc) is 3.26. The molecule has 2 aromatic heterocycles. The second-order valence-corrected chi connectivity index (χ2v) is 8.19. The van der Waals surface area contributed by atoms with Gasteiger partial charge in [-0.05, 0) is 26.3 Å². The number of benzene rings is 1. The van der Waals surface area contributed by atoms with E-state index in [9.17, 15) is 9.59 Å². The molecular weight excluding hydrogens is 394 g/mol. The van der Waals surface area contributed by atoms with Gasteiger partial charge in [0.15, 0.2) is 0 Å². The standard InChI is InChI=1S/C22H27N7O2/c1-13(2)28-12-18(15-7-5-4-6-8-15)29(11-14(28)3)22(31)21(30)26-17-10-24-20(23)16-9-25-27-19(16)17/h4-10,13-14,18H,11-12H2,1-3H3,(H2,23,24)(H,25,27)(H,26,30)/t14-,18-/m1/s1. The van der Waals surface area contributed by atoms with Crippen LogP contribution < -0.4 is 11.1 Å². The first-order valence-electron chi connectivity index (χ1n) is 10.4. The van der Waals surface area contributed by atoms with Gasteiger partial charge >= 0.3 is 11.8 Å². The number of nitrogen functional groups attached to an aromatic ring is 1. The smallest absolute Gasteiger partial charge is 0.314 e. The van der Waals surface area contributed by atoms with Crippen LogP contribution in [0.5, 0.6) is 0 Å². The van der Waals surface area contributed by atoms with Crippen molar-refractivity contribution in [2.24, 2.45) is 0 Å². The number of nitrogens with zero attached hydrogens (tertiary/aromatic N) is 4. The first-order valence-corrected chi connectivity index (χ1v) is 10.4. The Morgan fingerprint density at radius 2 is 1.94 bits per heavy atom. The van der Waals surface area contributed by atoms with E-state index in [1.54, 1.807) is 4.90 Å². The van der Waals surface area contributed by atoms with E-state index in [0.29, 0.717) is 41.5 Å². The lowest BCUT2D eigenvalue weighted by atomic mass is 9.98. The number of aromatic amines is 1. The molecule has 4 N–H and O–H groups in total. The molecule has 0 spiro atoms. The lowest BCUT2D eigenvalue weighted by Gasteiger charge is -2.47. The lowest BCUT2D eigenvalue weighted by molar-refractivity contribution is -0.148. The van der Waals surface area contributed by atoms with Gasteiger partial charge in [-0.2, -0.15) is 5.10 Å². The maximum Gasteiger partial charge on any atom is 0.314 e. The minimum Gasteiger partial charge on any atom is -0.383 e. The summed E-state index contributed by atoms with van der Waals surface area (Å²) in [6, 6.07) is 10.1. The van der Waals surface area contributed by atoms with Crippen molar-refractivity contribution >= 4 is 34.2 Å². The van der Waals surface area contributed by atoms with Crippen molar-refractivity contribution in [2.75, 3.05) is 24.1 Å². The van der Waals surface area contributed by atoms with Gasteiger partial charge in [-0.25, -0.2) is 4.98 Å². The van der Waals surface area contributed by atoms with Crippen LogP contribution in [0.3, 0.4) is 0 Å². The maximum absolute atomic E-state index is 13.3. The van der Waals surface area contributed by atoms with Crippen LogP contribution in [0, 0.1) is 0 Å². The first-order chi connectivity index (χ1) is 14.9. The molecule has 3 heterocycles. The number of fused-ring (bicyclic) bond motifs is 1. The fourth-order valence-electron chi connectivity index (χ4n) is 4.25. The zero-order chi connectivity index (χ0) is 22.1. The molecule has 1 fully saturated rings. The van der Waals surface area contributed by atoms with Gasteiger partial charge in [0, 0.05) is 25.2 Å². The van der Waals surface area contributed by atoms with E-state index in [1.807, 2.05) is 30.3 Å². The molecule has 0 radical (unpaired) electrons. The van der Waals surface area contributed by atoms with E-state index in [0.717, 1.165) is 5.56 Å². The Hall–Kier alpha value is -3.46. The molecule has 1 aromatic carbocycles. The van der Waals surface area contributed by atoms with E-state index < -0.39 is 11.8 Å². The van der Waals surface area contributed by atoms with Crippen LogP contribution in [-0.2, 0) is 9.59 Å². The Balaban J connectivity index is 1.60. The molecule has 2 amide bonds. The monoisotopic (exact) mass is 421 g/mol. The predicted molar refractivity (Wildman–Crippen MR) is 119 cm³/mol. The topological polar surface area (TPSA) is 120 Å². The molecule has 2 atom stereocenters. The third-order valence-electron chi connectivity index (χ3n) is 5.86. The van der Waals surface area contributed by atoms with Gasteiger partial charge in [0.2, 0.25) is 0 Å². The van der Waals surface area contributed by atoms with Crippen LogP contribution in [0.2, 0.25) is 0 Å². The van der Waals surface area contributed by atoms with Crippen molar-refractivity contribution in [3.63, 3.8) is 0 Å². The lowest BCUT2D eigenvalue weighted by Crippen LogP contribution is -2.58. The van der Waals surface area contributed by atoms with Crippen LogP contribution in [-0.4, -0.2) is 62.0 Å². The second kappa shape index (κ2) is 8.35. The number of amides is 2. The Kier molecular flexibility index (Phi) is 5.60. The quantitative estimate of drug-likeness (QED) is 0.558. The number of anilines is 2. The molecule has 31 heavy (non-hydrogen) atoms. The van der Waals surface area contributed by atoms with Gasteiger partial charge < -0.3 is 16.0 Å². The van der Waals surface area contributed by atoms with Crippen LogP contribution in [0.1, 0.15) is 32.4 Å². The van der Waals surface area contributed by atoms with Crippen LogP contribution in [0.15, 0.2) is 42.7 Å². The minimum absolute atomic E-state index is 0.134. The second-order valence-electron chi connectivity index (χ2n) is 8.19. The number of nitrogens with one attached hydrogen (secondary N) is 2. The summed E-state index contributed by atoms with van der Waals surface area (Å²) >= 11 is 0. The molecule has 1 aliphatic heterocycles. The summed E-state index contributed by atoms with van der Waals surface area (Å²) < 4.78 is 0. The summed E-state index contributed by atoms with van der Waals surface area (Å²) in [6.45, 7) is 7.50. The molecule has 1 aliphatic rings. The fourth-order valence-corrected chi connectivity index (χ4v) is 4.25. The maximum atomic E-state index is 13.3. The Bertz CT molecular complexity index is 1100. The normalized spacial score (nSPS) is 19.7. The molecule has 0 saturated carbocycles. The number of nitrogens with two attached hydrogens (primary N) is 1. The number of pyridine rings is 1. The molecule has 3 aromatic rings. The van der Waals surface area contributed by atoms with Crippen molar-refractivity contribution in [3.05, 3.63) is 48.3 Å². The van der Waals surface area contributed by atoms with Crippen LogP contribution >= 0.6 is 0 Å². The Morgan fingerprint density at radius 3 is 2.65 bits per heavy atom. The summed E-state index contributed by atoms with van der Waals surface area (Å²) in [7, 11) is 0. The summed E-state index contributed by atoms with van der Waals surface area (Å²) in [5.74, 6) is -0.988. The highest BCUT2D eigenvalue weighted by molar-refractivity contribution is 6.40. The summed E-state index contributed by atoms with van der Waals surface area (Å²) in [4.78, 5) is 34.3. The van der Waals surface area contributed by atoms with E-state index in [4.69, 9.17) is 5.73 Å². The minimum atomic E-state index is -0.714. The first kappa shape index (κ1) is 20.8. The van der Waals surface area contributed by atoms with E-state index in [2.05, 4.69) is 46.2 Å². The van der Waals surface area contributed by atoms with Crippen molar-refractivity contribution < 1.29 is 9.59 Å². The molecule has 0 aliphatic carbocycles. The van der Waals surface area contributed by atoms with Gasteiger partial charge in [0.1, 0.15) is 5.82 Å². The average molecular weight is 422 g/mol. The molecule has 9 heteroatoms. The Morgan fingerprint density at radius 1 is 1.19 bits per heavy atom. The van der Waals surface area contributed by atoms with Gasteiger partial charge in [-0.1, -0.05) is 30.3 Å². The van der Waals surface area contributed by atoms with Crippen LogP contribution in [0.4, 0.5) is 11.5 Å². The number of aromatic nitrogens is 3. The molecule has 9 nitrogen and oxygen atoms in total. The van der Waals surface area contributed by atoms with E-state index >= 15 is 0 Å². The van der Waals surface area contributed by atoms with Gasteiger partial charge in [0.05, 0.1) is 35.0 Å². The van der Waals surface area contributed by atoms with E-state index in [-0.39, 0.29) is 12.1 Å². The Labute approximate surface area is 180 Å². The molecule has 162 valence electrons. The number of rotatable bonds is 3. The highest BCUT2D eigenvalue weighted by atomic mass is 16.2. The van der Waals surface area contributed by atoms with Gasteiger partial charge in [0.25, 0.3) is 0 Å². The SMILES string of the molecule is CC(C)N1C[C@H](c2ccccc2)N(C(=O)C(=O)Nc2cnc(N)c3cn[nH]c23)C[C@H]1C. The molecule has 1 saturated heterocycles. The fraction of sp³-hybridized carbons (Fsp3) is 0.364. The van der Waals surface area contributed by atoms with Crippen LogP contribution in [0.25, 0.3) is 10.9 Å². The van der Waals surface area contributed by atoms with Gasteiger partial charge in [-0.15, -0.1) is 0 Å². The molecule has 0 unspecified atom stereocenters. The van der Waals surface area contributed by atoms with Crippen molar-refractivity contribution in [1.29, 1.82) is 0 Å². The third kappa shape index (κ3) is 3.96.